The Hall–Kier alpha value is -0.0800. The van der Waals surface area contributed by atoms with E-state index in [1.54, 1.807) is 0 Å². The lowest BCUT2D eigenvalue weighted by Crippen LogP contribution is -2.40. The fraction of sp³-hybridized carbons (Fsp3) is 1.00. The quantitative estimate of drug-likeness (QED) is 0.723. The summed E-state index contributed by atoms with van der Waals surface area (Å²) in [5, 5.41) is 9.48. The van der Waals surface area contributed by atoms with Crippen LogP contribution in [0.25, 0.3) is 0 Å². The number of rotatable bonds is 4. The molecule has 0 aromatic carbocycles. The molecule has 1 heterocycles. The third kappa shape index (κ3) is 4.10. The minimum Gasteiger partial charge on any atom is -0.392 e. The first-order valence-corrected chi connectivity index (χ1v) is 5.62. The van der Waals surface area contributed by atoms with Crippen LogP contribution in [0.2, 0.25) is 0 Å². The van der Waals surface area contributed by atoms with Crippen molar-refractivity contribution in [3.63, 3.8) is 0 Å². The molecule has 2 nitrogen and oxygen atoms in total. The molecule has 0 aromatic rings. The molecule has 13 heavy (non-hydrogen) atoms. The average molecular weight is 185 g/mol. The van der Waals surface area contributed by atoms with E-state index in [0.717, 1.165) is 18.9 Å². The highest BCUT2D eigenvalue weighted by Crippen LogP contribution is 2.13. The normalized spacial score (nSPS) is 27.5. The molecule has 78 valence electrons. The zero-order valence-electron chi connectivity index (χ0n) is 9.00. The van der Waals surface area contributed by atoms with Crippen LogP contribution in [0, 0.1) is 5.92 Å². The Morgan fingerprint density at radius 1 is 1.54 bits per heavy atom. The van der Waals surface area contributed by atoms with Gasteiger partial charge in [-0.05, 0) is 31.7 Å². The maximum absolute atomic E-state index is 9.48. The van der Waals surface area contributed by atoms with Crippen molar-refractivity contribution in [1.82, 2.24) is 4.90 Å². The van der Waals surface area contributed by atoms with Gasteiger partial charge in [-0.15, -0.1) is 0 Å². The first kappa shape index (κ1) is 11.0. The van der Waals surface area contributed by atoms with Gasteiger partial charge in [0.1, 0.15) is 0 Å². The van der Waals surface area contributed by atoms with Gasteiger partial charge < -0.3 is 10.0 Å². The first-order valence-electron chi connectivity index (χ1n) is 5.62. The highest BCUT2D eigenvalue weighted by atomic mass is 16.3. The largest absolute Gasteiger partial charge is 0.392 e. The molecule has 1 fully saturated rings. The second-order valence-corrected chi connectivity index (χ2v) is 4.45. The van der Waals surface area contributed by atoms with Crippen LogP contribution in [0.1, 0.15) is 39.5 Å². The number of aliphatic hydroxyl groups excluding tert-OH is 1. The van der Waals surface area contributed by atoms with Gasteiger partial charge in [-0.25, -0.2) is 0 Å². The average Bonchev–Trinajstić information content (AvgIpc) is 2.04. The van der Waals surface area contributed by atoms with E-state index in [9.17, 15) is 5.11 Å². The molecule has 1 rings (SSSR count). The third-order valence-electron chi connectivity index (χ3n) is 2.83. The number of piperidine rings is 1. The molecular weight excluding hydrogens is 162 g/mol. The molecular formula is C11H23NO. The van der Waals surface area contributed by atoms with Gasteiger partial charge in [0.2, 0.25) is 0 Å². The Labute approximate surface area is 81.9 Å². The molecule has 0 radical (unpaired) electrons. The molecule has 0 aliphatic carbocycles. The molecule has 1 aliphatic rings. The predicted octanol–water partition coefficient (Wildman–Crippen LogP) is 1.88. The monoisotopic (exact) mass is 185 g/mol. The Morgan fingerprint density at radius 3 is 2.92 bits per heavy atom. The van der Waals surface area contributed by atoms with Gasteiger partial charge in [0.15, 0.2) is 0 Å². The van der Waals surface area contributed by atoms with Gasteiger partial charge >= 0.3 is 0 Å². The standard InChI is InChI=1S/C11H23NO/c1-3-5-10(2)8-12-7-4-6-11(13)9-12/h10-11,13H,3-9H2,1-2H3/t10?,11-/m0/s1. The molecule has 1 N–H and O–H groups in total. The van der Waals surface area contributed by atoms with E-state index in [0.29, 0.717) is 0 Å². The summed E-state index contributed by atoms with van der Waals surface area (Å²) in [5.74, 6) is 0.787. The van der Waals surface area contributed by atoms with E-state index in [2.05, 4.69) is 18.7 Å². The van der Waals surface area contributed by atoms with Gasteiger partial charge in [0.25, 0.3) is 0 Å². The zero-order chi connectivity index (χ0) is 9.68. The van der Waals surface area contributed by atoms with Gasteiger partial charge in [-0.1, -0.05) is 20.3 Å². The van der Waals surface area contributed by atoms with E-state index in [4.69, 9.17) is 0 Å². The maximum atomic E-state index is 9.48. The Morgan fingerprint density at radius 2 is 2.31 bits per heavy atom. The van der Waals surface area contributed by atoms with Crippen LogP contribution < -0.4 is 0 Å². The number of hydrogen-bond acceptors (Lipinski definition) is 2. The highest BCUT2D eigenvalue weighted by molar-refractivity contribution is 4.73. The molecule has 2 atom stereocenters. The van der Waals surface area contributed by atoms with E-state index in [-0.39, 0.29) is 6.10 Å². The molecule has 1 unspecified atom stereocenters. The fourth-order valence-corrected chi connectivity index (χ4v) is 2.22. The lowest BCUT2D eigenvalue weighted by Gasteiger charge is -2.31. The van der Waals surface area contributed by atoms with Crippen LogP contribution in [0.5, 0.6) is 0 Å². The molecule has 0 spiro atoms. The van der Waals surface area contributed by atoms with Crippen molar-refractivity contribution in [2.24, 2.45) is 5.92 Å². The highest BCUT2D eigenvalue weighted by Gasteiger charge is 2.18. The lowest BCUT2D eigenvalue weighted by molar-refractivity contribution is 0.0627. The smallest absolute Gasteiger partial charge is 0.0667 e. The molecule has 0 aromatic heterocycles. The summed E-state index contributed by atoms with van der Waals surface area (Å²) in [5.41, 5.74) is 0. The van der Waals surface area contributed by atoms with Crippen molar-refractivity contribution < 1.29 is 5.11 Å². The lowest BCUT2D eigenvalue weighted by atomic mass is 10.0. The number of nitrogens with zero attached hydrogens (tertiary/aromatic N) is 1. The van der Waals surface area contributed by atoms with Crippen molar-refractivity contribution in [2.45, 2.75) is 45.6 Å². The van der Waals surface area contributed by atoms with Crippen molar-refractivity contribution in [2.75, 3.05) is 19.6 Å². The zero-order valence-corrected chi connectivity index (χ0v) is 9.00. The number of aliphatic hydroxyl groups is 1. The van der Waals surface area contributed by atoms with Gasteiger partial charge in [-0.2, -0.15) is 0 Å². The molecule has 0 saturated carbocycles. The summed E-state index contributed by atoms with van der Waals surface area (Å²) in [7, 11) is 0. The minimum atomic E-state index is -0.0671. The molecule has 2 heteroatoms. The Bertz CT molecular complexity index is 138. The maximum Gasteiger partial charge on any atom is 0.0667 e. The summed E-state index contributed by atoms with van der Waals surface area (Å²) in [6.07, 6.45) is 4.69. The van der Waals surface area contributed by atoms with Crippen molar-refractivity contribution in [1.29, 1.82) is 0 Å². The summed E-state index contributed by atoms with van der Waals surface area (Å²) in [6, 6.07) is 0. The summed E-state index contributed by atoms with van der Waals surface area (Å²) in [6.45, 7) is 7.80. The van der Waals surface area contributed by atoms with Crippen LogP contribution in [0.3, 0.4) is 0 Å². The van der Waals surface area contributed by atoms with Crippen LogP contribution in [0.4, 0.5) is 0 Å². The topological polar surface area (TPSA) is 23.5 Å². The van der Waals surface area contributed by atoms with Crippen LogP contribution in [0.15, 0.2) is 0 Å². The van der Waals surface area contributed by atoms with Crippen LogP contribution in [-0.2, 0) is 0 Å². The van der Waals surface area contributed by atoms with Gasteiger partial charge in [-0.3, -0.25) is 0 Å². The first-order chi connectivity index (χ1) is 6.22. The van der Waals surface area contributed by atoms with Crippen molar-refractivity contribution >= 4 is 0 Å². The van der Waals surface area contributed by atoms with E-state index in [1.165, 1.54) is 32.4 Å². The van der Waals surface area contributed by atoms with Gasteiger partial charge in [0, 0.05) is 13.1 Å². The second-order valence-electron chi connectivity index (χ2n) is 4.45. The summed E-state index contributed by atoms with van der Waals surface area (Å²) < 4.78 is 0. The molecule has 0 bridgehead atoms. The minimum absolute atomic E-state index is 0.0671. The van der Waals surface area contributed by atoms with Gasteiger partial charge in [0.05, 0.1) is 6.10 Å². The number of β-amino-alcohol motifs (C(OH)–C–C–N with tert-alkyl or cyclic N) is 1. The number of likely N-dealkylation sites (tertiary alicyclic amines) is 1. The molecule has 1 saturated heterocycles. The third-order valence-corrected chi connectivity index (χ3v) is 2.83. The van der Waals surface area contributed by atoms with Crippen LogP contribution >= 0.6 is 0 Å². The second kappa shape index (κ2) is 5.61. The van der Waals surface area contributed by atoms with E-state index in [1.807, 2.05) is 0 Å². The predicted molar refractivity (Wildman–Crippen MR) is 55.8 cm³/mol. The summed E-state index contributed by atoms with van der Waals surface area (Å²) >= 11 is 0. The van der Waals surface area contributed by atoms with Crippen molar-refractivity contribution in [3.8, 4) is 0 Å². The fourth-order valence-electron chi connectivity index (χ4n) is 2.22. The Balaban J connectivity index is 2.19. The number of hydrogen-bond donors (Lipinski definition) is 1. The van der Waals surface area contributed by atoms with E-state index < -0.39 is 0 Å². The van der Waals surface area contributed by atoms with E-state index >= 15 is 0 Å². The van der Waals surface area contributed by atoms with Crippen molar-refractivity contribution in [3.05, 3.63) is 0 Å². The molecule has 0 amide bonds. The SMILES string of the molecule is CCCC(C)CN1CCC[C@H](O)C1. The molecule has 1 aliphatic heterocycles. The Kier molecular flexibility index (Phi) is 4.74. The van der Waals surface area contributed by atoms with Crippen LogP contribution in [-0.4, -0.2) is 35.7 Å². The summed E-state index contributed by atoms with van der Waals surface area (Å²) in [4.78, 5) is 2.41.